The van der Waals surface area contributed by atoms with Crippen LogP contribution in [0.2, 0.25) is 0 Å². The molecule has 2 aromatic heterocycles. The SMILES string of the molecule is Cc1ccccc1-c1ccc2ccccc2n1.[C-]#N.[C-]#N.[Ir+3].[c-]1ccccc1-c1ccc2ccccc2n1. The Balaban J connectivity index is 0.000000231. The second-order valence-corrected chi connectivity index (χ2v) is 7.87. The Bertz CT molecular complexity index is 1620. The monoisotopic (exact) mass is 668 g/mol. The van der Waals surface area contributed by atoms with Gasteiger partial charge in [-0.25, -0.2) is 4.98 Å². The van der Waals surface area contributed by atoms with E-state index in [-0.39, 0.29) is 20.1 Å². The van der Waals surface area contributed by atoms with Crippen LogP contribution < -0.4 is 0 Å². The van der Waals surface area contributed by atoms with E-state index in [0.29, 0.717) is 0 Å². The first-order valence-electron chi connectivity index (χ1n) is 11.5. The van der Waals surface area contributed by atoms with Gasteiger partial charge in [-0.2, -0.15) is 0 Å². The third kappa shape index (κ3) is 7.42. The zero-order chi connectivity index (χ0) is 26.5. The number of nitrogens with zero attached hydrogens (tertiary/aromatic N) is 4. The fourth-order valence-corrected chi connectivity index (χ4v) is 3.85. The molecule has 6 aromatic rings. The maximum atomic E-state index is 6.25. The second-order valence-electron chi connectivity index (χ2n) is 7.87. The molecule has 0 aliphatic carbocycles. The van der Waals surface area contributed by atoms with Crippen molar-refractivity contribution in [2.24, 2.45) is 0 Å². The van der Waals surface area contributed by atoms with Crippen molar-refractivity contribution in [3.8, 4) is 22.5 Å². The van der Waals surface area contributed by atoms with E-state index < -0.39 is 0 Å². The number of hydrogen-bond acceptors (Lipinski definition) is 4. The van der Waals surface area contributed by atoms with E-state index in [4.69, 9.17) is 28.7 Å². The summed E-state index contributed by atoms with van der Waals surface area (Å²) in [6, 6.07) is 44.1. The van der Waals surface area contributed by atoms with Crippen LogP contribution in [0.1, 0.15) is 5.56 Å². The van der Waals surface area contributed by atoms with Gasteiger partial charge in [0, 0.05) is 10.9 Å². The zero-order valence-corrected chi connectivity index (χ0v) is 23.1. The molecule has 38 heavy (non-hydrogen) atoms. The Morgan fingerprint density at radius 3 is 1.63 bits per heavy atom. The molecule has 5 heteroatoms. The molecule has 6 rings (SSSR count). The third-order valence-corrected chi connectivity index (χ3v) is 5.60. The van der Waals surface area contributed by atoms with Gasteiger partial charge in [0.2, 0.25) is 0 Å². The first kappa shape index (κ1) is 29.6. The van der Waals surface area contributed by atoms with Crippen molar-refractivity contribution in [3.63, 3.8) is 0 Å². The van der Waals surface area contributed by atoms with Crippen LogP contribution in [0.25, 0.3) is 44.3 Å². The number of aryl methyl sites for hydroxylation is 1. The normalized spacial score (nSPS) is 9.29. The molecule has 0 N–H and O–H groups in total. The van der Waals surface area contributed by atoms with Crippen molar-refractivity contribution in [1.29, 1.82) is 10.5 Å². The van der Waals surface area contributed by atoms with Crippen LogP contribution in [-0.4, -0.2) is 9.97 Å². The molecule has 4 aromatic carbocycles. The van der Waals surface area contributed by atoms with Crippen LogP contribution in [-0.2, 0) is 20.1 Å². The molecule has 0 aliphatic heterocycles. The van der Waals surface area contributed by atoms with Gasteiger partial charge in [-0.3, -0.25) is 4.98 Å². The van der Waals surface area contributed by atoms with Crippen molar-refractivity contribution in [2.75, 3.05) is 0 Å². The third-order valence-electron chi connectivity index (χ3n) is 5.60. The van der Waals surface area contributed by atoms with Crippen molar-refractivity contribution in [1.82, 2.24) is 9.97 Å². The van der Waals surface area contributed by atoms with Gasteiger partial charge < -0.3 is 23.7 Å². The van der Waals surface area contributed by atoms with Crippen LogP contribution in [0.5, 0.6) is 0 Å². The summed E-state index contributed by atoms with van der Waals surface area (Å²) in [5.74, 6) is 0. The molecule has 184 valence electrons. The van der Waals surface area contributed by atoms with Crippen molar-refractivity contribution in [2.45, 2.75) is 6.92 Å². The van der Waals surface area contributed by atoms with E-state index in [1.54, 1.807) is 0 Å². The topological polar surface area (TPSA) is 73.4 Å². The van der Waals surface area contributed by atoms with E-state index in [0.717, 1.165) is 28.0 Å². The fourth-order valence-electron chi connectivity index (χ4n) is 3.85. The summed E-state index contributed by atoms with van der Waals surface area (Å²) >= 11 is 0. The number of hydrogen-bond donors (Lipinski definition) is 0. The maximum Gasteiger partial charge on any atom is 3.00 e. The maximum absolute atomic E-state index is 6.25. The Morgan fingerprint density at radius 1 is 0.553 bits per heavy atom. The standard InChI is InChI=1S/C16H13N.C15H10N.2CN.Ir/c1-12-6-2-4-8-14(12)16-11-10-13-7-3-5-9-15(13)17-16;1-2-6-12(7-3-1)15-11-10-13-8-4-5-9-14(13)16-15;2*1-2;/h2-11H,1H3;1-6,8-11H;;;/q;3*-1;+3. The number of para-hydroxylation sites is 2. The summed E-state index contributed by atoms with van der Waals surface area (Å²) in [6.45, 7) is 11.6. The van der Waals surface area contributed by atoms with Crippen LogP contribution in [0.15, 0.2) is 121 Å². The minimum atomic E-state index is 0. The molecule has 4 nitrogen and oxygen atoms in total. The van der Waals surface area contributed by atoms with E-state index >= 15 is 0 Å². The Hall–Kier alpha value is -4.67. The second kappa shape index (κ2) is 15.4. The van der Waals surface area contributed by atoms with Gasteiger partial charge in [-0.1, -0.05) is 78.9 Å². The van der Waals surface area contributed by atoms with Crippen LogP contribution in [0.4, 0.5) is 0 Å². The van der Waals surface area contributed by atoms with Crippen LogP contribution in [0.3, 0.4) is 0 Å². The van der Waals surface area contributed by atoms with Gasteiger partial charge in [0.05, 0.1) is 16.7 Å². The van der Waals surface area contributed by atoms with E-state index in [9.17, 15) is 0 Å². The zero-order valence-electron chi connectivity index (χ0n) is 20.7. The van der Waals surface area contributed by atoms with Gasteiger partial charge in [-0.15, -0.1) is 35.9 Å². The van der Waals surface area contributed by atoms with Gasteiger partial charge in [0.1, 0.15) is 0 Å². The van der Waals surface area contributed by atoms with Gasteiger partial charge in [0.15, 0.2) is 0 Å². The molecule has 0 atom stereocenters. The Labute approximate surface area is 237 Å². The predicted molar refractivity (Wildman–Crippen MR) is 148 cm³/mol. The molecule has 0 spiro atoms. The van der Waals surface area contributed by atoms with Crippen molar-refractivity contribution in [3.05, 3.63) is 146 Å². The molecule has 0 unspecified atom stereocenters. The summed E-state index contributed by atoms with van der Waals surface area (Å²) in [4.78, 5) is 9.32. The molecule has 0 saturated carbocycles. The smallest absolute Gasteiger partial charge is 0.512 e. The number of fused-ring (bicyclic) bond motifs is 2. The van der Waals surface area contributed by atoms with E-state index in [1.807, 2.05) is 60.7 Å². The largest absolute Gasteiger partial charge is 3.00 e. The molecule has 2 heterocycles. The Kier molecular flexibility index (Phi) is 12.0. The molecular weight excluding hydrogens is 645 g/mol. The first-order chi connectivity index (χ1) is 18.3. The summed E-state index contributed by atoms with van der Waals surface area (Å²) in [7, 11) is 0. The summed E-state index contributed by atoms with van der Waals surface area (Å²) in [5.41, 5.74) is 7.59. The van der Waals surface area contributed by atoms with Gasteiger partial charge in [-0.05, 0) is 41.8 Å². The average molecular weight is 668 g/mol. The minimum absolute atomic E-state index is 0. The number of benzene rings is 4. The van der Waals surface area contributed by atoms with E-state index in [2.05, 4.69) is 78.6 Å². The molecule has 0 saturated heterocycles. The predicted octanol–water partition coefficient (Wildman–Crippen LogP) is 8.10. The van der Waals surface area contributed by atoms with Gasteiger partial charge >= 0.3 is 20.1 Å². The van der Waals surface area contributed by atoms with Crippen molar-refractivity contribution >= 4 is 21.8 Å². The molecule has 0 bridgehead atoms. The quantitative estimate of drug-likeness (QED) is 0.175. The molecule has 0 radical (unpaired) electrons. The Morgan fingerprint density at radius 2 is 1.05 bits per heavy atom. The van der Waals surface area contributed by atoms with Crippen LogP contribution in [0, 0.1) is 36.7 Å². The van der Waals surface area contributed by atoms with Gasteiger partial charge in [0.25, 0.3) is 0 Å². The van der Waals surface area contributed by atoms with Crippen LogP contribution >= 0.6 is 0 Å². The minimum Gasteiger partial charge on any atom is -0.512 e. The average Bonchev–Trinajstić information content (AvgIpc) is 3.00. The number of rotatable bonds is 2. The fraction of sp³-hybridized carbons (Fsp3) is 0.0303. The van der Waals surface area contributed by atoms with Crippen molar-refractivity contribution < 1.29 is 20.1 Å². The summed E-state index contributed by atoms with van der Waals surface area (Å²) in [6.07, 6.45) is 0. The summed E-state index contributed by atoms with van der Waals surface area (Å²) < 4.78 is 0. The number of aromatic nitrogens is 2. The number of pyridine rings is 2. The molecular formula is C33H23IrN4. The summed E-state index contributed by atoms with van der Waals surface area (Å²) in [5, 5.41) is 14.9. The first-order valence-corrected chi connectivity index (χ1v) is 11.5. The van der Waals surface area contributed by atoms with E-state index in [1.165, 1.54) is 21.9 Å². The molecule has 0 aliphatic rings. The molecule has 0 fully saturated rings. The molecule has 0 amide bonds.